The Morgan fingerprint density at radius 2 is 2.00 bits per heavy atom. The predicted molar refractivity (Wildman–Crippen MR) is 62.7 cm³/mol. The van der Waals surface area contributed by atoms with E-state index in [-0.39, 0.29) is 18.7 Å². The summed E-state index contributed by atoms with van der Waals surface area (Å²) in [6.07, 6.45) is -0.129. The molecule has 18 heavy (non-hydrogen) atoms. The number of aliphatic carboxylic acids is 1. The van der Waals surface area contributed by atoms with Gasteiger partial charge in [-0.15, -0.1) is 0 Å². The highest BCUT2D eigenvalue weighted by atomic mass is 32.2. The van der Waals surface area contributed by atoms with Crippen molar-refractivity contribution in [2.45, 2.75) is 37.0 Å². The van der Waals surface area contributed by atoms with E-state index >= 15 is 0 Å². The summed E-state index contributed by atoms with van der Waals surface area (Å²) in [5.74, 6) is -1.95. The van der Waals surface area contributed by atoms with Crippen molar-refractivity contribution in [3.8, 4) is 0 Å². The molecule has 1 aliphatic rings. The first kappa shape index (κ1) is 14.9. The Hall–Kier alpha value is -1.15. The second-order valence-electron chi connectivity index (χ2n) is 4.29. The Balaban J connectivity index is 2.43. The number of carboxylic acids is 1. The summed E-state index contributed by atoms with van der Waals surface area (Å²) in [5.41, 5.74) is 0. The molecule has 0 aromatic rings. The van der Waals surface area contributed by atoms with Crippen LogP contribution < -0.4 is 5.32 Å². The Morgan fingerprint density at radius 3 is 2.56 bits per heavy atom. The first-order valence-corrected chi connectivity index (χ1v) is 7.46. The summed E-state index contributed by atoms with van der Waals surface area (Å²) in [6, 6.07) is 0. The number of carboxylic acid groups (broad SMARTS) is 1. The molecule has 0 aromatic carbocycles. The summed E-state index contributed by atoms with van der Waals surface area (Å²) in [7, 11) is -3.38. The fourth-order valence-electron chi connectivity index (χ4n) is 1.82. The molecule has 2 atom stereocenters. The highest BCUT2D eigenvalue weighted by Gasteiger charge is 2.34. The molecule has 1 fully saturated rings. The quantitative estimate of drug-likeness (QED) is 0.588. The number of rotatable bonds is 5. The first-order valence-electron chi connectivity index (χ1n) is 5.75. The third-order valence-corrected chi connectivity index (χ3v) is 5.05. The van der Waals surface area contributed by atoms with Gasteiger partial charge in [-0.25, -0.2) is 13.2 Å². The molecule has 2 unspecified atom stereocenters. The van der Waals surface area contributed by atoms with Crippen molar-refractivity contribution < 1.29 is 28.2 Å². The highest BCUT2D eigenvalue weighted by molar-refractivity contribution is 7.92. The maximum absolute atomic E-state index is 11.6. The van der Waals surface area contributed by atoms with Crippen molar-refractivity contribution in [2.24, 2.45) is 0 Å². The molecule has 8 heteroatoms. The number of amides is 1. The minimum Gasteiger partial charge on any atom is -0.479 e. The number of hydrogen-bond donors (Lipinski definition) is 3. The second kappa shape index (κ2) is 6.14. The lowest BCUT2D eigenvalue weighted by Crippen LogP contribution is -2.43. The summed E-state index contributed by atoms with van der Waals surface area (Å²) >= 11 is 0. The number of nitrogens with one attached hydrogen (secondary N) is 1. The van der Waals surface area contributed by atoms with Crippen LogP contribution in [-0.4, -0.2) is 54.2 Å². The SMILES string of the molecule is O=C(O)C(O)CCNC(=O)C1CCCCS1(=O)=O. The molecule has 1 rings (SSSR count). The largest absolute Gasteiger partial charge is 0.479 e. The van der Waals surface area contributed by atoms with Crippen LogP contribution in [-0.2, 0) is 19.4 Å². The smallest absolute Gasteiger partial charge is 0.332 e. The fraction of sp³-hybridized carbons (Fsp3) is 0.800. The number of carbonyl (C=O) groups excluding carboxylic acids is 1. The fourth-order valence-corrected chi connectivity index (χ4v) is 3.64. The molecular weight excluding hydrogens is 262 g/mol. The van der Waals surface area contributed by atoms with Gasteiger partial charge in [0.2, 0.25) is 5.91 Å². The monoisotopic (exact) mass is 279 g/mol. The van der Waals surface area contributed by atoms with Crippen LogP contribution in [0.4, 0.5) is 0 Å². The van der Waals surface area contributed by atoms with Gasteiger partial charge in [0.15, 0.2) is 15.9 Å². The van der Waals surface area contributed by atoms with Crippen LogP contribution in [0.3, 0.4) is 0 Å². The molecule has 1 amide bonds. The molecule has 0 saturated carbocycles. The zero-order chi connectivity index (χ0) is 13.8. The molecule has 1 saturated heterocycles. The van der Waals surface area contributed by atoms with Gasteiger partial charge in [0.05, 0.1) is 5.75 Å². The van der Waals surface area contributed by atoms with Crippen molar-refractivity contribution in [1.82, 2.24) is 5.32 Å². The standard InChI is InChI=1S/C10H17NO6S/c12-7(10(14)15)4-5-11-9(13)8-3-1-2-6-18(8,16)17/h7-8,12H,1-6H2,(H,11,13)(H,14,15). The van der Waals surface area contributed by atoms with Crippen LogP contribution in [0.2, 0.25) is 0 Å². The van der Waals surface area contributed by atoms with Gasteiger partial charge in [0, 0.05) is 13.0 Å². The van der Waals surface area contributed by atoms with E-state index in [1.165, 1.54) is 0 Å². The van der Waals surface area contributed by atoms with E-state index in [1.54, 1.807) is 0 Å². The first-order chi connectivity index (χ1) is 8.34. The van der Waals surface area contributed by atoms with E-state index in [1.807, 2.05) is 0 Å². The Kier molecular flexibility index (Phi) is 5.09. The third-order valence-electron chi connectivity index (χ3n) is 2.87. The number of hydrogen-bond acceptors (Lipinski definition) is 5. The van der Waals surface area contributed by atoms with E-state index in [4.69, 9.17) is 10.2 Å². The van der Waals surface area contributed by atoms with Crippen LogP contribution in [0.15, 0.2) is 0 Å². The van der Waals surface area contributed by atoms with Crippen LogP contribution in [0, 0.1) is 0 Å². The number of carbonyl (C=O) groups is 2. The molecule has 0 radical (unpaired) electrons. The second-order valence-corrected chi connectivity index (χ2v) is 6.59. The molecule has 1 heterocycles. The molecule has 104 valence electrons. The number of aliphatic hydroxyl groups is 1. The van der Waals surface area contributed by atoms with Crippen LogP contribution in [0.5, 0.6) is 0 Å². The van der Waals surface area contributed by atoms with E-state index < -0.39 is 33.1 Å². The van der Waals surface area contributed by atoms with Crippen molar-refractivity contribution in [3.05, 3.63) is 0 Å². The maximum atomic E-state index is 11.6. The van der Waals surface area contributed by atoms with E-state index in [9.17, 15) is 18.0 Å². The average molecular weight is 279 g/mol. The zero-order valence-electron chi connectivity index (χ0n) is 9.83. The summed E-state index contributed by atoms with van der Waals surface area (Å²) in [6.45, 7) is -0.0572. The van der Waals surface area contributed by atoms with Gasteiger partial charge in [-0.05, 0) is 12.8 Å². The maximum Gasteiger partial charge on any atom is 0.332 e. The molecule has 0 aliphatic carbocycles. The summed E-state index contributed by atoms with van der Waals surface area (Å²) in [5, 5.41) is 18.7. The molecule has 7 nitrogen and oxygen atoms in total. The van der Waals surface area contributed by atoms with Crippen LogP contribution in [0.25, 0.3) is 0 Å². The van der Waals surface area contributed by atoms with Crippen molar-refractivity contribution in [3.63, 3.8) is 0 Å². The summed E-state index contributed by atoms with van der Waals surface area (Å²) < 4.78 is 23.2. The van der Waals surface area contributed by atoms with Crippen molar-refractivity contribution >= 4 is 21.7 Å². The minimum atomic E-state index is -3.38. The lowest BCUT2D eigenvalue weighted by Gasteiger charge is -2.21. The zero-order valence-corrected chi connectivity index (χ0v) is 10.6. The predicted octanol–water partition coefficient (Wildman–Crippen LogP) is -1.09. The van der Waals surface area contributed by atoms with Crippen LogP contribution >= 0.6 is 0 Å². The highest BCUT2D eigenvalue weighted by Crippen LogP contribution is 2.19. The third kappa shape index (κ3) is 3.95. The Morgan fingerprint density at radius 1 is 1.33 bits per heavy atom. The van der Waals surface area contributed by atoms with E-state index in [0.29, 0.717) is 19.3 Å². The molecule has 0 bridgehead atoms. The summed E-state index contributed by atoms with van der Waals surface area (Å²) in [4.78, 5) is 22.0. The molecular formula is C10H17NO6S. The van der Waals surface area contributed by atoms with Gasteiger partial charge in [0.25, 0.3) is 0 Å². The molecule has 0 aromatic heterocycles. The molecule has 3 N–H and O–H groups in total. The molecule has 0 spiro atoms. The van der Waals surface area contributed by atoms with Gasteiger partial charge in [0.1, 0.15) is 5.25 Å². The Bertz CT molecular complexity index is 418. The topological polar surface area (TPSA) is 121 Å². The van der Waals surface area contributed by atoms with Crippen LogP contribution in [0.1, 0.15) is 25.7 Å². The lowest BCUT2D eigenvalue weighted by atomic mass is 10.2. The lowest BCUT2D eigenvalue weighted by molar-refractivity contribution is -0.147. The average Bonchev–Trinajstić information content (AvgIpc) is 2.27. The van der Waals surface area contributed by atoms with E-state index in [0.717, 1.165) is 0 Å². The van der Waals surface area contributed by atoms with Crippen molar-refractivity contribution in [1.29, 1.82) is 0 Å². The Labute approximate surface area is 105 Å². The number of aliphatic hydroxyl groups excluding tert-OH is 1. The minimum absolute atomic E-state index is 0.0167. The van der Waals surface area contributed by atoms with Gasteiger partial charge < -0.3 is 15.5 Å². The number of sulfone groups is 1. The van der Waals surface area contributed by atoms with Gasteiger partial charge in [-0.3, -0.25) is 4.79 Å². The van der Waals surface area contributed by atoms with E-state index in [2.05, 4.69) is 5.32 Å². The normalized spacial score (nSPS) is 24.2. The van der Waals surface area contributed by atoms with Gasteiger partial charge >= 0.3 is 5.97 Å². The van der Waals surface area contributed by atoms with Crippen molar-refractivity contribution in [2.75, 3.05) is 12.3 Å². The van der Waals surface area contributed by atoms with Gasteiger partial charge in [-0.1, -0.05) is 6.42 Å². The molecule has 1 aliphatic heterocycles. The van der Waals surface area contributed by atoms with Gasteiger partial charge in [-0.2, -0.15) is 0 Å².